The maximum atomic E-state index is 12.2. The van der Waals surface area contributed by atoms with Gasteiger partial charge in [-0.25, -0.2) is 0 Å². The molecule has 0 spiro atoms. The number of hydrogen-bond acceptors (Lipinski definition) is 5. The number of aliphatic hydroxyl groups excluding tert-OH is 1. The summed E-state index contributed by atoms with van der Waals surface area (Å²) in [6, 6.07) is 0. The van der Waals surface area contributed by atoms with Crippen LogP contribution >= 0.6 is 0 Å². The number of carbonyl (C=O) groups is 2. The van der Waals surface area contributed by atoms with E-state index >= 15 is 0 Å². The third-order valence-corrected chi connectivity index (χ3v) is 12.3. The number of unbranched alkanes of at least 4 members (excludes halogenated alkanes) is 40. The van der Waals surface area contributed by atoms with Gasteiger partial charge in [0, 0.05) is 0 Å². The van der Waals surface area contributed by atoms with E-state index in [-0.39, 0.29) is 32.0 Å². The normalized spacial score (nSPS) is 12.2. The van der Waals surface area contributed by atoms with E-state index in [2.05, 4.69) is 26.0 Å². The second-order valence-electron chi connectivity index (χ2n) is 18.3. The van der Waals surface area contributed by atoms with Gasteiger partial charge in [0.1, 0.15) is 6.61 Å². The minimum atomic E-state index is -0.822. The van der Waals surface area contributed by atoms with E-state index in [0.717, 1.165) is 25.7 Å². The van der Waals surface area contributed by atoms with Gasteiger partial charge < -0.3 is 14.6 Å². The number of ether oxygens (including phenoxy) is 2. The van der Waals surface area contributed by atoms with Crippen LogP contribution in [0.1, 0.15) is 296 Å². The Hall–Kier alpha value is -1.62. The summed E-state index contributed by atoms with van der Waals surface area (Å²) in [7, 11) is 0. The largest absolute Gasteiger partial charge is 0.461 e. The quantitative estimate of drug-likeness (QED) is 0.0375. The minimum absolute atomic E-state index is 0.114. The summed E-state index contributed by atoms with van der Waals surface area (Å²) < 4.78 is 10.6. The van der Waals surface area contributed by atoms with Crippen LogP contribution in [0.2, 0.25) is 0 Å². The molecule has 1 N–H and O–H groups in total. The molecule has 60 heavy (non-hydrogen) atoms. The summed E-state index contributed by atoms with van der Waals surface area (Å²) in [5, 5.41) is 9.61. The van der Waals surface area contributed by atoms with Crippen LogP contribution in [0, 0.1) is 0 Å². The highest BCUT2D eigenvalue weighted by Gasteiger charge is 2.15. The van der Waals surface area contributed by atoms with E-state index in [9.17, 15) is 14.7 Å². The maximum absolute atomic E-state index is 12.2. The first kappa shape index (κ1) is 58.4. The van der Waals surface area contributed by atoms with Crippen molar-refractivity contribution in [3.8, 4) is 0 Å². The van der Waals surface area contributed by atoms with Crippen LogP contribution < -0.4 is 0 Å². The summed E-state index contributed by atoms with van der Waals surface area (Å²) in [6.45, 7) is 4.10. The first-order chi connectivity index (χ1) is 29.6. The smallest absolute Gasteiger partial charge is 0.310 e. The van der Waals surface area contributed by atoms with Crippen molar-refractivity contribution in [2.75, 3.05) is 13.2 Å². The Balaban J connectivity index is 3.50. The second-order valence-corrected chi connectivity index (χ2v) is 18.3. The zero-order chi connectivity index (χ0) is 43.5. The lowest BCUT2D eigenvalue weighted by atomic mass is 10.0. The summed E-state index contributed by atoms with van der Waals surface area (Å²) in [6.07, 6.45) is 64.8. The molecule has 0 rings (SSSR count). The summed E-state index contributed by atoms with van der Waals surface area (Å²) in [4.78, 5) is 24.4. The van der Waals surface area contributed by atoms with Crippen molar-refractivity contribution in [2.24, 2.45) is 0 Å². The number of allylic oxidation sites excluding steroid dienone is 2. The summed E-state index contributed by atoms with van der Waals surface area (Å²) >= 11 is 0. The lowest BCUT2D eigenvalue weighted by molar-refractivity contribution is -0.160. The highest BCUT2D eigenvalue weighted by Crippen LogP contribution is 2.17. The fourth-order valence-corrected chi connectivity index (χ4v) is 8.23. The molecule has 5 nitrogen and oxygen atoms in total. The highest BCUT2D eigenvalue weighted by molar-refractivity contribution is 5.72. The van der Waals surface area contributed by atoms with Gasteiger partial charge in [0.15, 0.2) is 6.10 Å². The first-order valence-electron chi connectivity index (χ1n) is 26.9. The van der Waals surface area contributed by atoms with Crippen LogP contribution in [0.5, 0.6) is 0 Å². The Morgan fingerprint density at radius 1 is 0.367 bits per heavy atom. The van der Waals surface area contributed by atoms with E-state index in [1.54, 1.807) is 0 Å². The summed E-state index contributed by atoms with van der Waals surface area (Å²) in [5.74, 6) is -0.765. The van der Waals surface area contributed by atoms with Crippen molar-refractivity contribution in [1.82, 2.24) is 0 Å². The summed E-state index contributed by atoms with van der Waals surface area (Å²) in [5.41, 5.74) is 0. The molecule has 0 saturated heterocycles. The van der Waals surface area contributed by atoms with Gasteiger partial charge in [0.2, 0.25) is 0 Å². The van der Waals surface area contributed by atoms with Crippen LogP contribution in [0.4, 0.5) is 0 Å². The topological polar surface area (TPSA) is 72.8 Å². The first-order valence-corrected chi connectivity index (χ1v) is 26.9. The van der Waals surface area contributed by atoms with E-state index < -0.39 is 12.1 Å². The molecule has 0 heterocycles. The average Bonchev–Trinajstić information content (AvgIpc) is 3.25. The maximum Gasteiger partial charge on any atom is 0.310 e. The van der Waals surface area contributed by atoms with Gasteiger partial charge in [-0.2, -0.15) is 0 Å². The SMILES string of the molecule is CCCCCCCCCCCCCCCCCCCCCCC=CCC(=O)OC[C@H](CO)OC(=O)CC=CCCCCCCCCCCCCCCCCCCCCCC. The van der Waals surface area contributed by atoms with Gasteiger partial charge in [-0.05, 0) is 25.7 Å². The zero-order valence-electron chi connectivity index (χ0n) is 40.5. The number of hydrogen-bond donors (Lipinski definition) is 1. The molecule has 0 saturated carbocycles. The lowest BCUT2D eigenvalue weighted by Gasteiger charge is -2.15. The molecule has 0 amide bonds. The van der Waals surface area contributed by atoms with Crippen molar-refractivity contribution < 1.29 is 24.2 Å². The van der Waals surface area contributed by atoms with Crippen molar-refractivity contribution in [2.45, 2.75) is 302 Å². The molecular formula is C55H104O5. The Labute approximate surface area is 374 Å². The Bertz CT molecular complexity index is 913. The molecule has 0 unspecified atom stereocenters. The molecule has 0 aromatic heterocycles. The predicted octanol–water partition coefficient (Wildman–Crippen LogP) is 17.8. The van der Waals surface area contributed by atoms with Gasteiger partial charge in [-0.3, -0.25) is 9.59 Å². The van der Waals surface area contributed by atoms with Crippen molar-refractivity contribution in [3.63, 3.8) is 0 Å². The minimum Gasteiger partial charge on any atom is -0.461 e. The van der Waals surface area contributed by atoms with Crippen LogP contribution in [0.3, 0.4) is 0 Å². The average molecular weight is 845 g/mol. The van der Waals surface area contributed by atoms with Gasteiger partial charge >= 0.3 is 11.9 Å². The molecule has 5 heteroatoms. The van der Waals surface area contributed by atoms with Crippen molar-refractivity contribution in [1.29, 1.82) is 0 Å². The zero-order valence-corrected chi connectivity index (χ0v) is 40.5. The standard InChI is InChI=1S/C55H104O5/c1-3-5-7-9-11-13-15-17-19-21-23-25-27-29-31-33-35-37-39-41-43-45-47-49-54(57)59-52-53(51-56)60-55(58)50-48-46-44-42-40-38-36-34-32-30-28-26-24-22-20-18-16-14-12-10-8-6-4-2/h45-48,53,56H,3-44,49-52H2,1-2H3/t53-/m0/s1. The molecule has 354 valence electrons. The number of esters is 2. The van der Waals surface area contributed by atoms with E-state index in [4.69, 9.17) is 9.47 Å². The Kier molecular flexibility index (Phi) is 50.3. The fraction of sp³-hybridized carbons (Fsp3) is 0.891. The van der Waals surface area contributed by atoms with E-state index in [0.29, 0.717) is 0 Å². The third-order valence-electron chi connectivity index (χ3n) is 12.3. The third kappa shape index (κ3) is 49.0. The highest BCUT2D eigenvalue weighted by atomic mass is 16.6. The molecule has 0 aliphatic carbocycles. The Morgan fingerprint density at radius 3 is 0.883 bits per heavy atom. The van der Waals surface area contributed by atoms with E-state index in [1.807, 2.05) is 12.2 Å². The van der Waals surface area contributed by atoms with E-state index in [1.165, 1.54) is 244 Å². The van der Waals surface area contributed by atoms with Crippen LogP contribution in [0.15, 0.2) is 24.3 Å². The molecule has 0 fully saturated rings. The second kappa shape index (κ2) is 51.7. The van der Waals surface area contributed by atoms with Crippen LogP contribution in [0.25, 0.3) is 0 Å². The van der Waals surface area contributed by atoms with Crippen molar-refractivity contribution >= 4 is 11.9 Å². The molecule has 0 aliphatic heterocycles. The predicted molar refractivity (Wildman–Crippen MR) is 261 cm³/mol. The molecular weight excluding hydrogens is 741 g/mol. The van der Waals surface area contributed by atoms with Gasteiger partial charge in [-0.1, -0.05) is 282 Å². The number of carbonyl (C=O) groups excluding carboxylic acids is 2. The molecule has 0 aliphatic rings. The van der Waals surface area contributed by atoms with Gasteiger partial charge in [-0.15, -0.1) is 0 Å². The monoisotopic (exact) mass is 845 g/mol. The van der Waals surface area contributed by atoms with Gasteiger partial charge in [0.25, 0.3) is 0 Å². The molecule has 0 radical (unpaired) electrons. The molecule has 0 aromatic carbocycles. The van der Waals surface area contributed by atoms with Crippen molar-refractivity contribution in [3.05, 3.63) is 24.3 Å². The lowest BCUT2D eigenvalue weighted by Crippen LogP contribution is -2.28. The Morgan fingerprint density at radius 2 is 0.617 bits per heavy atom. The molecule has 0 aromatic rings. The van der Waals surface area contributed by atoms with Crippen LogP contribution in [-0.2, 0) is 19.1 Å². The number of rotatable bonds is 50. The molecule has 0 bridgehead atoms. The van der Waals surface area contributed by atoms with Crippen LogP contribution in [-0.4, -0.2) is 36.4 Å². The molecule has 1 atom stereocenters. The van der Waals surface area contributed by atoms with Gasteiger partial charge in [0.05, 0.1) is 19.4 Å². The fourth-order valence-electron chi connectivity index (χ4n) is 8.23. The number of aliphatic hydroxyl groups is 1.